The molecule has 4 nitrogen and oxygen atoms in total. The van der Waals surface area contributed by atoms with Crippen LogP contribution in [-0.4, -0.2) is 29.5 Å². The van der Waals surface area contributed by atoms with E-state index >= 15 is 0 Å². The minimum absolute atomic E-state index is 0.253. The van der Waals surface area contributed by atoms with Gasteiger partial charge in [0, 0.05) is 12.0 Å². The van der Waals surface area contributed by atoms with Crippen molar-refractivity contribution in [2.24, 2.45) is 0 Å². The molecule has 1 aromatic rings. The van der Waals surface area contributed by atoms with Crippen LogP contribution in [0, 0.1) is 13.8 Å². The number of carboxylic acids is 1. The van der Waals surface area contributed by atoms with Crippen LogP contribution in [0.5, 0.6) is 0 Å². The summed E-state index contributed by atoms with van der Waals surface area (Å²) in [5, 5.41) is 10.9. The van der Waals surface area contributed by atoms with E-state index < -0.39 is 30.8 Å². The van der Waals surface area contributed by atoms with Gasteiger partial charge in [-0.3, -0.25) is 4.79 Å². The van der Waals surface area contributed by atoms with E-state index in [-0.39, 0.29) is 5.56 Å². The second-order valence-corrected chi connectivity index (χ2v) is 4.29. The fourth-order valence-corrected chi connectivity index (χ4v) is 1.52. The molecule has 0 aromatic heterocycles. The number of alkyl halides is 2. The van der Waals surface area contributed by atoms with Gasteiger partial charge in [0.25, 0.3) is 5.91 Å². The Balaban J connectivity index is 2.81. The normalized spacial score (nSPS) is 12.3. The van der Waals surface area contributed by atoms with Crippen molar-refractivity contribution in [1.82, 2.24) is 5.32 Å². The first-order valence-electron chi connectivity index (χ1n) is 5.70. The standard InChI is InChI=1S/C13H15F2NO3/c1-7-3-4-9(5-8(7)2)12(17)16-10(13(18)19)6-11(14)15/h3-5,10-11H,6H2,1-2H3,(H,16,17)(H,18,19). The molecule has 0 radical (unpaired) electrons. The van der Waals surface area contributed by atoms with Crippen molar-refractivity contribution < 1.29 is 23.5 Å². The maximum atomic E-state index is 12.2. The Morgan fingerprint density at radius 2 is 1.89 bits per heavy atom. The van der Waals surface area contributed by atoms with Crippen LogP contribution in [0.1, 0.15) is 27.9 Å². The Bertz CT molecular complexity index is 489. The van der Waals surface area contributed by atoms with Gasteiger partial charge in [0.2, 0.25) is 6.43 Å². The molecule has 1 aromatic carbocycles. The van der Waals surface area contributed by atoms with Gasteiger partial charge in [-0.2, -0.15) is 0 Å². The van der Waals surface area contributed by atoms with Crippen molar-refractivity contribution in [1.29, 1.82) is 0 Å². The second-order valence-electron chi connectivity index (χ2n) is 4.29. The lowest BCUT2D eigenvalue weighted by atomic mass is 10.1. The summed E-state index contributed by atoms with van der Waals surface area (Å²) in [5.41, 5.74) is 2.11. The van der Waals surface area contributed by atoms with Crippen LogP contribution in [0.25, 0.3) is 0 Å². The lowest BCUT2D eigenvalue weighted by molar-refractivity contribution is -0.140. The van der Waals surface area contributed by atoms with Crippen LogP contribution in [-0.2, 0) is 4.79 Å². The number of hydrogen-bond donors (Lipinski definition) is 2. The first-order chi connectivity index (χ1) is 8.81. The average molecular weight is 271 g/mol. The summed E-state index contributed by atoms with van der Waals surface area (Å²) in [6.07, 6.45) is -3.70. The Hall–Kier alpha value is -1.98. The van der Waals surface area contributed by atoms with Gasteiger partial charge >= 0.3 is 5.97 Å². The molecule has 1 unspecified atom stereocenters. The largest absolute Gasteiger partial charge is 0.480 e. The summed E-state index contributed by atoms with van der Waals surface area (Å²) in [5.74, 6) is -2.14. The van der Waals surface area contributed by atoms with Gasteiger partial charge in [-0.1, -0.05) is 6.07 Å². The summed E-state index contributed by atoms with van der Waals surface area (Å²) >= 11 is 0. The van der Waals surface area contributed by atoms with Crippen molar-refractivity contribution in [3.63, 3.8) is 0 Å². The fourth-order valence-electron chi connectivity index (χ4n) is 1.52. The molecular formula is C13H15F2NO3. The lowest BCUT2D eigenvalue weighted by Crippen LogP contribution is -2.42. The number of carboxylic acid groups (broad SMARTS) is 1. The molecule has 0 bridgehead atoms. The third kappa shape index (κ3) is 4.31. The highest BCUT2D eigenvalue weighted by Gasteiger charge is 2.24. The molecule has 0 aliphatic heterocycles. The average Bonchev–Trinajstić information content (AvgIpc) is 2.31. The zero-order chi connectivity index (χ0) is 14.6. The quantitative estimate of drug-likeness (QED) is 0.862. The summed E-state index contributed by atoms with van der Waals surface area (Å²) in [6, 6.07) is 3.24. The van der Waals surface area contributed by atoms with E-state index in [1.165, 1.54) is 6.07 Å². The number of rotatable bonds is 5. The Morgan fingerprint density at radius 3 is 2.37 bits per heavy atom. The number of benzene rings is 1. The molecule has 19 heavy (non-hydrogen) atoms. The van der Waals surface area contributed by atoms with E-state index in [0.717, 1.165) is 11.1 Å². The summed E-state index contributed by atoms with van der Waals surface area (Å²) < 4.78 is 24.4. The van der Waals surface area contributed by atoms with Crippen molar-refractivity contribution >= 4 is 11.9 Å². The molecule has 0 saturated heterocycles. The molecule has 0 aliphatic rings. The van der Waals surface area contributed by atoms with E-state index in [2.05, 4.69) is 5.32 Å². The highest BCUT2D eigenvalue weighted by atomic mass is 19.3. The summed E-state index contributed by atoms with van der Waals surface area (Å²) in [4.78, 5) is 22.6. The number of nitrogens with one attached hydrogen (secondary N) is 1. The molecule has 0 saturated carbocycles. The SMILES string of the molecule is Cc1ccc(C(=O)NC(CC(F)F)C(=O)O)cc1C. The summed E-state index contributed by atoms with van der Waals surface area (Å²) in [6.45, 7) is 3.67. The number of aryl methyl sites for hydroxylation is 2. The molecule has 104 valence electrons. The minimum atomic E-state index is -2.79. The van der Waals surface area contributed by atoms with Crippen LogP contribution >= 0.6 is 0 Å². The molecule has 1 amide bonds. The predicted octanol–water partition coefficient (Wildman–Crippen LogP) is 2.14. The zero-order valence-electron chi connectivity index (χ0n) is 10.6. The smallest absolute Gasteiger partial charge is 0.326 e. The number of hydrogen-bond acceptors (Lipinski definition) is 2. The van der Waals surface area contributed by atoms with E-state index in [1.54, 1.807) is 19.1 Å². The monoisotopic (exact) mass is 271 g/mol. The Kier molecular flexibility index (Phi) is 4.97. The lowest BCUT2D eigenvalue weighted by Gasteiger charge is -2.14. The molecule has 6 heteroatoms. The molecule has 1 rings (SSSR count). The third-order valence-electron chi connectivity index (χ3n) is 2.79. The van der Waals surface area contributed by atoms with Crippen LogP contribution in [0.3, 0.4) is 0 Å². The maximum Gasteiger partial charge on any atom is 0.326 e. The van der Waals surface area contributed by atoms with Crippen molar-refractivity contribution in [3.05, 3.63) is 34.9 Å². The number of amides is 1. The topological polar surface area (TPSA) is 66.4 Å². The van der Waals surface area contributed by atoms with Crippen LogP contribution in [0.15, 0.2) is 18.2 Å². The molecule has 0 aliphatic carbocycles. The maximum absolute atomic E-state index is 12.2. The van der Waals surface area contributed by atoms with Crippen LogP contribution in [0.2, 0.25) is 0 Å². The van der Waals surface area contributed by atoms with Gasteiger partial charge in [-0.25, -0.2) is 13.6 Å². The first kappa shape index (κ1) is 15.1. The van der Waals surface area contributed by atoms with E-state index in [0.29, 0.717) is 0 Å². The Morgan fingerprint density at radius 1 is 1.26 bits per heavy atom. The molecule has 2 N–H and O–H groups in total. The number of aliphatic carboxylic acids is 1. The van der Waals surface area contributed by atoms with E-state index in [4.69, 9.17) is 5.11 Å². The van der Waals surface area contributed by atoms with Crippen molar-refractivity contribution in [2.45, 2.75) is 32.7 Å². The second kappa shape index (κ2) is 6.26. The van der Waals surface area contributed by atoms with Gasteiger partial charge in [0.1, 0.15) is 6.04 Å². The predicted molar refractivity (Wildman–Crippen MR) is 65.4 cm³/mol. The van der Waals surface area contributed by atoms with E-state index in [9.17, 15) is 18.4 Å². The van der Waals surface area contributed by atoms with Gasteiger partial charge in [-0.15, -0.1) is 0 Å². The fraction of sp³-hybridized carbons (Fsp3) is 0.385. The highest BCUT2D eigenvalue weighted by molar-refractivity contribution is 5.96. The van der Waals surface area contributed by atoms with Gasteiger partial charge in [0.15, 0.2) is 0 Å². The molecule has 0 spiro atoms. The molecular weight excluding hydrogens is 256 g/mol. The van der Waals surface area contributed by atoms with E-state index in [1.807, 2.05) is 6.92 Å². The molecule has 0 fully saturated rings. The van der Waals surface area contributed by atoms with Crippen molar-refractivity contribution in [3.8, 4) is 0 Å². The molecule has 1 atom stereocenters. The zero-order valence-corrected chi connectivity index (χ0v) is 10.6. The van der Waals surface area contributed by atoms with Crippen LogP contribution < -0.4 is 5.32 Å². The van der Waals surface area contributed by atoms with Gasteiger partial charge in [-0.05, 0) is 37.1 Å². The minimum Gasteiger partial charge on any atom is -0.480 e. The Labute approximate surface area is 109 Å². The third-order valence-corrected chi connectivity index (χ3v) is 2.79. The molecule has 0 heterocycles. The first-order valence-corrected chi connectivity index (χ1v) is 5.70. The number of carbonyl (C=O) groups is 2. The van der Waals surface area contributed by atoms with Gasteiger partial charge < -0.3 is 10.4 Å². The van der Waals surface area contributed by atoms with Crippen LogP contribution in [0.4, 0.5) is 8.78 Å². The number of carbonyl (C=O) groups excluding carboxylic acids is 1. The highest BCUT2D eigenvalue weighted by Crippen LogP contribution is 2.11. The number of halogens is 2. The summed E-state index contributed by atoms with van der Waals surface area (Å²) in [7, 11) is 0. The van der Waals surface area contributed by atoms with Crippen molar-refractivity contribution in [2.75, 3.05) is 0 Å². The van der Waals surface area contributed by atoms with Gasteiger partial charge in [0.05, 0.1) is 0 Å².